The summed E-state index contributed by atoms with van der Waals surface area (Å²) in [5, 5.41) is 8.33. The Morgan fingerprint density at radius 1 is 1.17 bits per heavy atom. The van der Waals surface area contributed by atoms with Gasteiger partial charge in [-0.15, -0.1) is 0 Å². The summed E-state index contributed by atoms with van der Waals surface area (Å²) in [5.74, 6) is -1.74. The summed E-state index contributed by atoms with van der Waals surface area (Å²) in [6.45, 7) is 3.53. The fraction of sp³-hybridized carbons (Fsp3) is 0.286. The third-order valence-electron chi connectivity index (χ3n) is 5.04. The lowest BCUT2D eigenvalue weighted by atomic mass is 10.1. The zero-order valence-electron chi connectivity index (χ0n) is 18.7. The molecule has 14 heteroatoms. The van der Waals surface area contributed by atoms with Gasteiger partial charge in [0, 0.05) is 6.20 Å². The van der Waals surface area contributed by atoms with E-state index in [1.165, 1.54) is 41.1 Å². The van der Waals surface area contributed by atoms with Crippen LogP contribution in [0.2, 0.25) is 0 Å². The number of benzene rings is 1. The summed E-state index contributed by atoms with van der Waals surface area (Å²) >= 11 is 0. The first kappa shape index (κ1) is 25.9. The zero-order valence-corrected chi connectivity index (χ0v) is 19.7. The van der Waals surface area contributed by atoms with Crippen molar-refractivity contribution in [3.63, 3.8) is 0 Å². The lowest BCUT2D eigenvalue weighted by Gasteiger charge is -2.17. The highest BCUT2D eigenvalue weighted by molar-refractivity contribution is 7.59. The highest BCUT2D eigenvalue weighted by atomic mass is 32.1. The minimum Gasteiger partial charge on any atom is -0.479 e. The van der Waals surface area contributed by atoms with Crippen molar-refractivity contribution in [2.45, 2.75) is 26.1 Å². The second-order valence-corrected chi connectivity index (χ2v) is 7.16. The van der Waals surface area contributed by atoms with Gasteiger partial charge in [-0.2, -0.15) is 41.8 Å². The third kappa shape index (κ3) is 4.92. The molecule has 3 heterocycles. The SMILES string of the molecule is CCOC(=O)c1cnn(-c2nc(OC)c3c(cnn3[C@@H](C)c3ccc(C(F)(F)F)c(F)c3)n2)c1.S. The highest BCUT2D eigenvalue weighted by Gasteiger charge is 2.34. The largest absolute Gasteiger partial charge is 0.479 e. The lowest BCUT2D eigenvalue weighted by molar-refractivity contribution is -0.140. The van der Waals surface area contributed by atoms with Gasteiger partial charge >= 0.3 is 12.1 Å². The van der Waals surface area contributed by atoms with Crippen molar-refractivity contribution in [2.75, 3.05) is 13.7 Å². The second-order valence-electron chi connectivity index (χ2n) is 7.16. The smallest absolute Gasteiger partial charge is 0.419 e. The van der Waals surface area contributed by atoms with E-state index in [1.54, 1.807) is 13.8 Å². The van der Waals surface area contributed by atoms with Crippen molar-refractivity contribution in [1.82, 2.24) is 29.5 Å². The molecule has 0 bridgehead atoms. The molecule has 0 fully saturated rings. The Hall–Kier alpha value is -3.68. The molecule has 0 saturated carbocycles. The molecule has 9 nitrogen and oxygen atoms in total. The van der Waals surface area contributed by atoms with Crippen molar-refractivity contribution in [2.24, 2.45) is 0 Å². The molecule has 0 unspecified atom stereocenters. The molecule has 0 amide bonds. The predicted molar refractivity (Wildman–Crippen MR) is 121 cm³/mol. The highest BCUT2D eigenvalue weighted by Crippen LogP contribution is 2.34. The zero-order chi connectivity index (χ0) is 24.6. The number of carbonyl (C=O) groups excluding carboxylic acids is 1. The van der Waals surface area contributed by atoms with Crippen LogP contribution >= 0.6 is 13.5 Å². The monoisotopic (exact) mass is 512 g/mol. The number of aromatic nitrogens is 6. The van der Waals surface area contributed by atoms with Crippen LogP contribution in [-0.4, -0.2) is 49.2 Å². The molecule has 1 aromatic carbocycles. The van der Waals surface area contributed by atoms with Crippen LogP contribution in [0.3, 0.4) is 0 Å². The first-order chi connectivity index (χ1) is 16.1. The number of ether oxygens (including phenoxy) is 2. The lowest BCUT2D eigenvalue weighted by Crippen LogP contribution is -2.13. The molecule has 1 atom stereocenters. The molecule has 0 aliphatic heterocycles. The van der Waals surface area contributed by atoms with Gasteiger partial charge in [-0.25, -0.2) is 18.9 Å². The molecule has 0 spiro atoms. The van der Waals surface area contributed by atoms with E-state index in [0.29, 0.717) is 17.1 Å². The van der Waals surface area contributed by atoms with Crippen molar-refractivity contribution in [3.8, 4) is 11.8 Å². The Labute approximate surface area is 203 Å². The standard InChI is InChI=1S/C21H18F4N6O3.H2S/c1-4-34-19(32)13-8-26-30(10-13)20-28-16-9-27-31(17(16)18(29-20)33-3)11(2)12-5-6-14(15(22)7-12)21(23,24)25;/h5-11H,4H2,1-3H3;1H2/t11-;/m0./s1. The summed E-state index contributed by atoms with van der Waals surface area (Å²) < 4.78 is 65.8. The number of fused-ring (bicyclic) bond motifs is 1. The van der Waals surface area contributed by atoms with Crippen LogP contribution < -0.4 is 4.74 Å². The molecule has 0 aliphatic rings. The van der Waals surface area contributed by atoms with Crippen LogP contribution in [0.4, 0.5) is 17.6 Å². The van der Waals surface area contributed by atoms with E-state index in [2.05, 4.69) is 20.2 Å². The van der Waals surface area contributed by atoms with Gasteiger partial charge < -0.3 is 9.47 Å². The maximum Gasteiger partial charge on any atom is 0.419 e. The van der Waals surface area contributed by atoms with Gasteiger partial charge in [-0.1, -0.05) is 6.07 Å². The number of nitrogens with zero attached hydrogens (tertiary/aromatic N) is 6. The average Bonchev–Trinajstić information content (AvgIpc) is 3.45. The van der Waals surface area contributed by atoms with Crippen molar-refractivity contribution in [1.29, 1.82) is 0 Å². The maximum atomic E-state index is 14.1. The summed E-state index contributed by atoms with van der Waals surface area (Å²) in [6.07, 6.45) is -0.674. The number of esters is 1. The molecule has 0 aliphatic carbocycles. The maximum absolute atomic E-state index is 14.1. The van der Waals surface area contributed by atoms with Crippen molar-refractivity contribution >= 4 is 30.5 Å². The van der Waals surface area contributed by atoms with Gasteiger partial charge in [0.1, 0.15) is 16.9 Å². The van der Waals surface area contributed by atoms with E-state index < -0.39 is 29.6 Å². The fourth-order valence-corrected chi connectivity index (χ4v) is 3.37. The molecule has 35 heavy (non-hydrogen) atoms. The Bertz CT molecular complexity index is 1370. The van der Waals surface area contributed by atoms with E-state index in [9.17, 15) is 22.4 Å². The molecular formula is C21H20F4N6O3S. The first-order valence-corrected chi connectivity index (χ1v) is 10.0. The summed E-state index contributed by atoms with van der Waals surface area (Å²) in [7, 11) is 1.37. The number of rotatable bonds is 6. The molecule has 4 aromatic rings. The number of hydrogen-bond acceptors (Lipinski definition) is 7. The topological polar surface area (TPSA) is 97.0 Å². The predicted octanol–water partition coefficient (Wildman–Crippen LogP) is 4.08. The summed E-state index contributed by atoms with van der Waals surface area (Å²) in [4.78, 5) is 20.6. The fourth-order valence-electron chi connectivity index (χ4n) is 3.37. The minimum absolute atomic E-state index is 0. The Morgan fingerprint density at radius 3 is 2.54 bits per heavy atom. The van der Waals surface area contributed by atoms with E-state index in [0.717, 1.165) is 6.07 Å². The van der Waals surface area contributed by atoms with Crippen molar-refractivity contribution in [3.05, 3.63) is 59.3 Å². The Kier molecular flexibility index (Phi) is 7.33. The molecule has 0 N–H and O–H groups in total. The number of hydrogen-bond donors (Lipinski definition) is 0. The molecule has 3 aromatic heterocycles. The first-order valence-electron chi connectivity index (χ1n) is 10.0. The van der Waals surface area contributed by atoms with Crippen LogP contribution in [0.5, 0.6) is 5.88 Å². The molecule has 0 saturated heterocycles. The quantitative estimate of drug-likeness (QED) is 0.284. The number of methoxy groups -OCH3 is 1. The van der Waals surface area contributed by atoms with E-state index in [1.807, 2.05) is 0 Å². The van der Waals surface area contributed by atoms with Gasteiger partial charge in [0.05, 0.1) is 43.3 Å². The van der Waals surface area contributed by atoms with Crippen LogP contribution in [0.15, 0.2) is 36.8 Å². The molecule has 4 rings (SSSR count). The van der Waals surface area contributed by atoms with Crippen LogP contribution in [0.1, 0.15) is 41.4 Å². The molecular weight excluding hydrogens is 492 g/mol. The summed E-state index contributed by atoms with van der Waals surface area (Å²) in [6, 6.07) is 2.03. The molecule has 186 valence electrons. The average molecular weight is 512 g/mol. The van der Waals surface area contributed by atoms with E-state index >= 15 is 0 Å². The van der Waals surface area contributed by atoms with Crippen LogP contribution in [0.25, 0.3) is 17.0 Å². The minimum atomic E-state index is -4.79. The van der Waals surface area contributed by atoms with Gasteiger partial charge in [-0.3, -0.25) is 4.68 Å². The van der Waals surface area contributed by atoms with Crippen LogP contribution in [-0.2, 0) is 10.9 Å². The normalized spacial score (nSPS) is 12.3. The van der Waals surface area contributed by atoms with Crippen molar-refractivity contribution < 1.29 is 31.8 Å². The van der Waals surface area contributed by atoms with Gasteiger partial charge in [0.15, 0.2) is 0 Å². The Balaban J connectivity index is 0.00000342. The number of halogens is 4. The number of alkyl halides is 3. The Morgan fingerprint density at radius 2 is 1.91 bits per heavy atom. The van der Waals surface area contributed by atoms with Gasteiger partial charge in [0.2, 0.25) is 5.88 Å². The molecule has 0 radical (unpaired) electrons. The van der Waals surface area contributed by atoms with E-state index in [-0.39, 0.29) is 43.1 Å². The summed E-state index contributed by atoms with van der Waals surface area (Å²) in [5.41, 5.74) is -0.196. The van der Waals surface area contributed by atoms with Crippen LogP contribution in [0, 0.1) is 5.82 Å². The van der Waals surface area contributed by atoms with Gasteiger partial charge in [-0.05, 0) is 31.5 Å². The van der Waals surface area contributed by atoms with Gasteiger partial charge in [0.25, 0.3) is 5.95 Å². The number of carbonyl (C=O) groups is 1. The third-order valence-corrected chi connectivity index (χ3v) is 5.04. The van der Waals surface area contributed by atoms with E-state index in [4.69, 9.17) is 9.47 Å². The second kappa shape index (κ2) is 9.90.